The molecule has 0 aliphatic heterocycles. The van der Waals surface area contributed by atoms with Gasteiger partial charge in [0.25, 0.3) is 0 Å². The van der Waals surface area contributed by atoms with E-state index >= 15 is 0 Å². The fourth-order valence-corrected chi connectivity index (χ4v) is 5.33. The van der Waals surface area contributed by atoms with Crippen molar-refractivity contribution in [3.8, 4) is 0 Å². The molecule has 0 heterocycles. The van der Waals surface area contributed by atoms with Crippen molar-refractivity contribution in [1.82, 2.24) is 0 Å². The van der Waals surface area contributed by atoms with Crippen LogP contribution in [0.5, 0.6) is 0 Å². The summed E-state index contributed by atoms with van der Waals surface area (Å²) in [6.07, 6.45) is 7.61. The molecule has 2 aromatic rings. The van der Waals surface area contributed by atoms with Crippen LogP contribution in [0.3, 0.4) is 0 Å². The van der Waals surface area contributed by atoms with E-state index in [1.165, 1.54) is 23.5 Å². The number of allylic oxidation sites excluding steroid dienone is 1. The van der Waals surface area contributed by atoms with Gasteiger partial charge >= 0.3 is 0 Å². The van der Waals surface area contributed by atoms with E-state index < -0.39 is 8.15 Å². The average Bonchev–Trinajstić information content (AvgIpc) is 3.17. The lowest BCUT2D eigenvalue weighted by molar-refractivity contribution is 0.201. The number of benzene rings is 2. The molecule has 2 aromatic carbocycles. The Balaban J connectivity index is 1.63. The summed E-state index contributed by atoms with van der Waals surface area (Å²) in [5.74, 6) is 1.39. The number of hydrogen-bond donors (Lipinski definition) is 0. The van der Waals surface area contributed by atoms with Crippen molar-refractivity contribution in [2.24, 2.45) is 11.8 Å². The quantitative estimate of drug-likeness (QED) is 0.611. The van der Waals surface area contributed by atoms with Crippen molar-refractivity contribution in [3.63, 3.8) is 0 Å². The lowest BCUT2D eigenvalue weighted by atomic mass is 10.1. The number of rotatable bonds is 4. The van der Waals surface area contributed by atoms with E-state index in [1.807, 2.05) is 0 Å². The Morgan fingerprint density at radius 1 is 0.762 bits per heavy atom. The molecule has 21 heavy (non-hydrogen) atoms. The Morgan fingerprint density at radius 3 is 1.86 bits per heavy atom. The molecule has 1 fully saturated rings. The van der Waals surface area contributed by atoms with Crippen molar-refractivity contribution in [2.45, 2.75) is 18.9 Å². The average molecular weight is 294 g/mol. The molecule has 0 spiro atoms. The summed E-state index contributed by atoms with van der Waals surface area (Å²) in [6.45, 7) is 0. The van der Waals surface area contributed by atoms with Crippen LogP contribution in [-0.4, -0.2) is 6.10 Å². The predicted molar refractivity (Wildman–Crippen MR) is 89.3 cm³/mol. The maximum atomic E-state index is 6.63. The summed E-state index contributed by atoms with van der Waals surface area (Å²) < 4.78 is 6.63. The standard InChI is InChI=1S/C19H19OP/c1-3-7-17(8-4-1)21(18-9-5-2-6-10-18)20-19-14-15-11-12-16(19)13-15/h1-12,15-16,19H,13-14H2. The molecule has 0 saturated heterocycles. The van der Waals surface area contributed by atoms with Gasteiger partial charge in [0.05, 0.1) is 14.3 Å². The van der Waals surface area contributed by atoms with Gasteiger partial charge in [-0.3, -0.25) is 0 Å². The van der Waals surface area contributed by atoms with Crippen molar-refractivity contribution in [1.29, 1.82) is 0 Å². The third-order valence-electron chi connectivity index (χ3n) is 4.44. The van der Waals surface area contributed by atoms with Gasteiger partial charge in [-0.1, -0.05) is 72.8 Å². The third kappa shape index (κ3) is 2.69. The van der Waals surface area contributed by atoms with Crippen LogP contribution in [0.4, 0.5) is 0 Å². The lowest BCUT2D eigenvalue weighted by Gasteiger charge is -2.26. The molecule has 3 unspecified atom stereocenters. The second-order valence-electron chi connectivity index (χ2n) is 5.89. The zero-order chi connectivity index (χ0) is 14.1. The first-order valence-electron chi connectivity index (χ1n) is 7.65. The molecule has 0 amide bonds. The predicted octanol–water partition coefficient (Wildman–Crippen LogP) is 4.02. The largest absolute Gasteiger partial charge is 0.346 e. The van der Waals surface area contributed by atoms with E-state index in [0.29, 0.717) is 12.0 Å². The zero-order valence-corrected chi connectivity index (χ0v) is 12.8. The first kappa shape index (κ1) is 13.2. The van der Waals surface area contributed by atoms with E-state index in [9.17, 15) is 0 Å². The smallest absolute Gasteiger partial charge is 0.0921 e. The second-order valence-corrected chi connectivity index (χ2v) is 7.72. The molecule has 0 aromatic heterocycles. The normalized spacial score (nSPS) is 26.6. The van der Waals surface area contributed by atoms with Crippen LogP contribution in [0.15, 0.2) is 72.8 Å². The minimum atomic E-state index is -0.708. The highest BCUT2D eigenvalue weighted by Gasteiger charge is 2.38. The van der Waals surface area contributed by atoms with E-state index in [0.717, 1.165) is 5.92 Å². The number of fused-ring (bicyclic) bond motifs is 2. The summed E-state index contributed by atoms with van der Waals surface area (Å²) in [6, 6.07) is 21.4. The molecule has 1 nitrogen and oxygen atoms in total. The maximum Gasteiger partial charge on any atom is 0.0921 e. The maximum absolute atomic E-state index is 6.63. The zero-order valence-electron chi connectivity index (χ0n) is 11.9. The second kappa shape index (κ2) is 5.75. The van der Waals surface area contributed by atoms with Gasteiger partial charge in [0.15, 0.2) is 0 Å². The van der Waals surface area contributed by atoms with Gasteiger partial charge in [0.1, 0.15) is 0 Å². The Morgan fingerprint density at radius 2 is 1.38 bits per heavy atom. The van der Waals surface area contributed by atoms with Gasteiger partial charge in [-0.15, -0.1) is 0 Å². The van der Waals surface area contributed by atoms with Crippen LogP contribution in [0.2, 0.25) is 0 Å². The van der Waals surface area contributed by atoms with E-state index in [2.05, 4.69) is 72.8 Å². The van der Waals surface area contributed by atoms with Crippen LogP contribution >= 0.6 is 8.15 Å². The minimum Gasteiger partial charge on any atom is -0.346 e. The van der Waals surface area contributed by atoms with Gasteiger partial charge in [-0.2, -0.15) is 0 Å². The SMILES string of the molecule is C1=CC2CC1CC2OP(c1ccccc1)c1ccccc1. The molecule has 2 aliphatic carbocycles. The summed E-state index contributed by atoms with van der Waals surface area (Å²) in [5.41, 5.74) is 0. The van der Waals surface area contributed by atoms with Gasteiger partial charge in [0, 0.05) is 16.5 Å². The van der Waals surface area contributed by atoms with E-state index in [4.69, 9.17) is 4.52 Å². The lowest BCUT2D eigenvalue weighted by Crippen LogP contribution is -2.22. The monoisotopic (exact) mass is 294 g/mol. The van der Waals surface area contributed by atoms with Crippen LogP contribution in [0.25, 0.3) is 0 Å². The van der Waals surface area contributed by atoms with Crippen molar-refractivity contribution in [3.05, 3.63) is 72.8 Å². The number of hydrogen-bond acceptors (Lipinski definition) is 1. The van der Waals surface area contributed by atoms with Crippen molar-refractivity contribution < 1.29 is 4.52 Å². The topological polar surface area (TPSA) is 9.23 Å². The van der Waals surface area contributed by atoms with Crippen LogP contribution < -0.4 is 10.6 Å². The molecule has 2 bridgehead atoms. The Hall–Kier alpha value is -1.43. The van der Waals surface area contributed by atoms with Gasteiger partial charge in [-0.25, -0.2) is 0 Å². The van der Waals surface area contributed by atoms with Crippen molar-refractivity contribution >= 4 is 18.8 Å². The Kier molecular flexibility index (Phi) is 3.63. The molecule has 2 heteroatoms. The van der Waals surface area contributed by atoms with Crippen LogP contribution in [0.1, 0.15) is 12.8 Å². The van der Waals surface area contributed by atoms with Crippen LogP contribution in [0, 0.1) is 11.8 Å². The molecule has 0 radical (unpaired) electrons. The summed E-state index contributed by atoms with van der Waals surface area (Å²) in [7, 11) is -0.708. The minimum absolute atomic E-state index is 0.395. The molecule has 106 valence electrons. The highest BCUT2D eigenvalue weighted by atomic mass is 31.1. The Bertz CT molecular complexity index is 583. The highest BCUT2D eigenvalue weighted by molar-refractivity contribution is 7.68. The van der Waals surface area contributed by atoms with E-state index in [-0.39, 0.29) is 0 Å². The molecule has 1 saturated carbocycles. The molecule has 2 aliphatic rings. The summed E-state index contributed by atoms with van der Waals surface area (Å²) >= 11 is 0. The van der Waals surface area contributed by atoms with Crippen LogP contribution in [-0.2, 0) is 4.52 Å². The molecule has 0 N–H and O–H groups in total. The fraction of sp³-hybridized carbons (Fsp3) is 0.263. The molecular weight excluding hydrogens is 275 g/mol. The van der Waals surface area contributed by atoms with Gasteiger partial charge in [-0.05, 0) is 18.8 Å². The molecular formula is C19H19OP. The third-order valence-corrected chi connectivity index (χ3v) is 6.46. The van der Waals surface area contributed by atoms with Gasteiger partial charge in [0.2, 0.25) is 0 Å². The summed E-state index contributed by atoms with van der Waals surface area (Å²) in [4.78, 5) is 0. The first-order valence-corrected chi connectivity index (χ1v) is 8.91. The van der Waals surface area contributed by atoms with Crippen molar-refractivity contribution in [2.75, 3.05) is 0 Å². The fourth-order valence-electron chi connectivity index (χ4n) is 3.38. The molecule has 4 rings (SSSR count). The van der Waals surface area contributed by atoms with E-state index in [1.54, 1.807) is 0 Å². The summed E-state index contributed by atoms with van der Waals surface area (Å²) in [5, 5.41) is 2.62. The Labute approximate surface area is 127 Å². The first-order chi connectivity index (χ1) is 10.4. The van der Waals surface area contributed by atoms with Gasteiger partial charge < -0.3 is 4.52 Å². The highest BCUT2D eigenvalue weighted by Crippen LogP contribution is 2.47. The molecule has 3 atom stereocenters.